The van der Waals surface area contributed by atoms with Gasteiger partial charge in [0.15, 0.2) is 5.82 Å². The fourth-order valence-corrected chi connectivity index (χ4v) is 3.48. The third-order valence-electron chi connectivity index (χ3n) is 4.31. The summed E-state index contributed by atoms with van der Waals surface area (Å²) in [6.45, 7) is 2.42. The van der Waals surface area contributed by atoms with Crippen LogP contribution in [0.15, 0.2) is 0 Å². The molecule has 0 aromatic carbocycles. The Labute approximate surface area is 112 Å². The number of piperidine rings is 2. The van der Waals surface area contributed by atoms with Gasteiger partial charge in [-0.25, -0.2) is 4.98 Å². The number of carbonyl (C=O) groups excluding carboxylic acids is 1. The lowest BCUT2D eigenvalue weighted by molar-refractivity contribution is -0.117. The Morgan fingerprint density at radius 3 is 3.00 bits per heavy atom. The molecule has 1 aromatic heterocycles. The standard InChI is InChI=1S/C13H21N5O/c14-11(19)8-12-15-13(17-16-12)9-4-3-7-18-6-2-1-5-10(9)18/h9-10H,1-8H2,(H2,14,19)(H,15,16,17)/t9-,10-/m1/s1. The summed E-state index contributed by atoms with van der Waals surface area (Å²) < 4.78 is 0. The average molecular weight is 263 g/mol. The van der Waals surface area contributed by atoms with Gasteiger partial charge < -0.3 is 5.73 Å². The molecule has 0 unspecified atom stereocenters. The molecule has 0 bridgehead atoms. The Morgan fingerprint density at radius 2 is 2.16 bits per heavy atom. The van der Waals surface area contributed by atoms with E-state index >= 15 is 0 Å². The van der Waals surface area contributed by atoms with Gasteiger partial charge in [-0.15, -0.1) is 0 Å². The molecule has 6 heteroatoms. The smallest absolute Gasteiger partial charge is 0.225 e. The van der Waals surface area contributed by atoms with Crippen LogP contribution in [0, 0.1) is 0 Å². The molecule has 0 radical (unpaired) electrons. The quantitative estimate of drug-likeness (QED) is 0.834. The molecule has 2 aliphatic heterocycles. The van der Waals surface area contributed by atoms with Crippen molar-refractivity contribution in [2.24, 2.45) is 5.73 Å². The first kappa shape index (κ1) is 12.6. The SMILES string of the molecule is NC(=O)Cc1nc([C@@H]2CCCN3CCCC[C@H]23)n[nH]1. The Morgan fingerprint density at radius 1 is 1.32 bits per heavy atom. The maximum Gasteiger partial charge on any atom is 0.225 e. The van der Waals surface area contributed by atoms with E-state index in [9.17, 15) is 4.79 Å². The molecular weight excluding hydrogens is 242 g/mol. The second-order valence-corrected chi connectivity index (χ2v) is 5.63. The van der Waals surface area contributed by atoms with E-state index in [-0.39, 0.29) is 12.3 Å². The Hall–Kier alpha value is -1.43. The van der Waals surface area contributed by atoms with E-state index in [2.05, 4.69) is 20.1 Å². The molecule has 1 amide bonds. The number of aromatic nitrogens is 3. The minimum absolute atomic E-state index is 0.147. The summed E-state index contributed by atoms with van der Waals surface area (Å²) in [5.74, 6) is 1.50. The van der Waals surface area contributed by atoms with E-state index in [1.165, 1.54) is 38.8 Å². The summed E-state index contributed by atoms with van der Waals surface area (Å²) in [7, 11) is 0. The van der Waals surface area contributed by atoms with Crippen LogP contribution in [-0.2, 0) is 11.2 Å². The van der Waals surface area contributed by atoms with E-state index in [1.807, 2.05) is 0 Å². The number of amides is 1. The highest BCUT2D eigenvalue weighted by molar-refractivity contribution is 5.75. The molecule has 6 nitrogen and oxygen atoms in total. The Balaban J connectivity index is 1.76. The van der Waals surface area contributed by atoms with E-state index < -0.39 is 0 Å². The highest BCUT2D eigenvalue weighted by Crippen LogP contribution is 2.35. The van der Waals surface area contributed by atoms with Crippen molar-refractivity contribution in [1.82, 2.24) is 20.1 Å². The molecule has 3 N–H and O–H groups in total. The number of rotatable bonds is 3. The minimum Gasteiger partial charge on any atom is -0.369 e. The molecule has 1 aromatic rings. The first-order valence-electron chi connectivity index (χ1n) is 7.17. The van der Waals surface area contributed by atoms with Crippen molar-refractivity contribution < 1.29 is 4.79 Å². The summed E-state index contributed by atoms with van der Waals surface area (Å²) in [6, 6.07) is 0.583. The zero-order valence-electron chi connectivity index (χ0n) is 11.1. The van der Waals surface area contributed by atoms with Crippen molar-refractivity contribution in [2.75, 3.05) is 13.1 Å². The van der Waals surface area contributed by atoms with Crippen LogP contribution >= 0.6 is 0 Å². The second kappa shape index (κ2) is 5.28. The van der Waals surface area contributed by atoms with E-state index in [4.69, 9.17) is 5.73 Å². The largest absolute Gasteiger partial charge is 0.369 e. The van der Waals surface area contributed by atoms with Crippen LogP contribution < -0.4 is 5.73 Å². The van der Waals surface area contributed by atoms with E-state index in [1.54, 1.807) is 0 Å². The van der Waals surface area contributed by atoms with Gasteiger partial charge in [-0.3, -0.25) is 14.8 Å². The van der Waals surface area contributed by atoms with Crippen LogP contribution in [-0.4, -0.2) is 45.1 Å². The molecule has 0 spiro atoms. The van der Waals surface area contributed by atoms with Crippen LogP contribution in [0.4, 0.5) is 0 Å². The molecule has 2 aliphatic rings. The molecule has 2 atom stereocenters. The lowest BCUT2D eigenvalue weighted by atomic mass is 9.83. The second-order valence-electron chi connectivity index (χ2n) is 5.63. The number of nitrogens with zero attached hydrogens (tertiary/aromatic N) is 3. The zero-order chi connectivity index (χ0) is 13.2. The van der Waals surface area contributed by atoms with Gasteiger partial charge in [0, 0.05) is 12.0 Å². The van der Waals surface area contributed by atoms with Gasteiger partial charge >= 0.3 is 0 Å². The predicted molar refractivity (Wildman–Crippen MR) is 70.5 cm³/mol. The lowest BCUT2D eigenvalue weighted by Gasteiger charge is -2.43. The fraction of sp³-hybridized carbons (Fsp3) is 0.769. The summed E-state index contributed by atoms with van der Waals surface area (Å²) >= 11 is 0. The summed E-state index contributed by atoms with van der Waals surface area (Å²) in [5.41, 5.74) is 5.18. The number of hydrogen-bond acceptors (Lipinski definition) is 4. The van der Waals surface area contributed by atoms with Crippen molar-refractivity contribution in [1.29, 1.82) is 0 Å². The lowest BCUT2D eigenvalue weighted by Crippen LogP contribution is -2.47. The number of hydrogen-bond donors (Lipinski definition) is 2. The first-order valence-corrected chi connectivity index (χ1v) is 7.17. The fourth-order valence-electron chi connectivity index (χ4n) is 3.48. The highest BCUT2D eigenvalue weighted by atomic mass is 16.1. The monoisotopic (exact) mass is 263 g/mol. The van der Waals surface area contributed by atoms with E-state index in [0.29, 0.717) is 17.8 Å². The molecular formula is C13H21N5O. The zero-order valence-corrected chi connectivity index (χ0v) is 11.1. The van der Waals surface area contributed by atoms with Crippen molar-refractivity contribution in [3.8, 4) is 0 Å². The number of nitrogens with two attached hydrogens (primary N) is 1. The number of fused-ring (bicyclic) bond motifs is 1. The van der Waals surface area contributed by atoms with Gasteiger partial charge in [0.2, 0.25) is 5.91 Å². The maximum absolute atomic E-state index is 10.9. The average Bonchev–Trinajstić information content (AvgIpc) is 2.85. The number of H-pyrrole nitrogens is 1. The summed E-state index contributed by atoms with van der Waals surface area (Å²) in [6.07, 6.45) is 6.36. The minimum atomic E-state index is -0.370. The van der Waals surface area contributed by atoms with Crippen molar-refractivity contribution >= 4 is 5.91 Å². The van der Waals surface area contributed by atoms with Crippen molar-refractivity contribution in [2.45, 2.75) is 50.5 Å². The summed E-state index contributed by atoms with van der Waals surface area (Å²) in [5, 5.41) is 7.16. The molecule has 19 heavy (non-hydrogen) atoms. The maximum atomic E-state index is 10.9. The van der Waals surface area contributed by atoms with Gasteiger partial charge in [-0.2, -0.15) is 5.10 Å². The first-order chi connectivity index (χ1) is 9.24. The number of aromatic amines is 1. The molecule has 3 rings (SSSR count). The van der Waals surface area contributed by atoms with Crippen molar-refractivity contribution in [3.05, 3.63) is 11.6 Å². The Kier molecular flexibility index (Phi) is 3.50. The normalized spacial score (nSPS) is 28.0. The number of primary amides is 1. The van der Waals surface area contributed by atoms with Crippen LogP contribution in [0.3, 0.4) is 0 Å². The van der Waals surface area contributed by atoms with Gasteiger partial charge in [0.25, 0.3) is 0 Å². The van der Waals surface area contributed by atoms with E-state index in [0.717, 1.165) is 12.2 Å². The molecule has 0 aliphatic carbocycles. The van der Waals surface area contributed by atoms with Crippen LogP contribution in [0.25, 0.3) is 0 Å². The van der Waals surface area contributed by atoms with Gasteiger partial charge in [-0.05, 0) is 38.8 Å². The topological polar surface area (TPSA) is 87.9 Å². The highest BCUT2D eigenvalue weighted by Gasteiger charge is 2.35. The number of carbonyl (C=O) groups is 1. The van der Waals surface area contributed by atoms with Gasteiger partial charge in [0.1, 0.15) is 5.82 Å². The molecule has 2 fully saturated rings. The van der Waals surface area contributed by atoms with Gasteiger partial charge in [-0.1, -0.05) is 6.42 Å². The summed E-state index contributed by atoms with van der Waals surface area (Å²) in [4.78, 5) is 18.0. The third kappa shape index (κ3) is 2.63. The van der Waals surface area contributed by atoms with Gasteiger partial charge in [0.05, 0.1) is 6.42 Å². The van der Waals surface area contributed by atoms with Crippen LogP contribution in [0.2, 0.25) is 0 Å². The van der Waals surface area contributed by atoms with Crippen LogP contribution in [0.5, 0.6) is 0 Å². The molecule has 104 valence electrons. The van der Waals surface area contributed by atoms with Crippen LogP contribution in [0.1, 0.15) is 49.7 Å². The molecule has 3 heterocycles. The Bertz CT molecular complexity index is 456. The molecule has 0 saturated carbocycles. The number of nitrogens with one attached hydrogen (secondary N) is 1. The van der Waals surface area contributed by atoms with Crippen molar-refractivity contribution in [3.63, 3.8) is 0 Å². The molecule has 2 saturated heterocycles. The predicted octanol–water partition coefficient (Wildman–Crippen LogP) is 0.564. The third-order valence-corrected chi connectivity index (χ3v) is 4.31.